The minimum absolute atomic E-state index is 0.0472. The Kier molecular flexibility index (Phi) is 13.5. The van der Waals surface area contributed by atoms with Crippen molar-refractivity contribution in [2.24, 2.45) is 23.5 Å². The van der Waals surface area contributed by atoms with E-state index >= 15 is 0 Å². The Balaban J connectivity index is 2.92. The molecular formula is C27H43N5O6. The Morgan fingerprint density at radius 2 is 1.39 bits per heavy atom. The fourth-order valence-electron chi connectivity index (χ4n) is 3.63. The van der Waals surface area contributed by atoms with E-state index in [1.54, 1.807) is 27.7 Å². The maximum atomic E-state index is 13.3. The van der Waals surface area contributed by atoms with Crippen molar-refractivity contribution in [3.8, 4) is 0 Å². The second-order valence-electron chi connectivity index (χ2n) is 10.6. The van der Waals surface area contributed by atoms with Crippen LogP contribution in [0.5, 0.6) is 0 Å². The van der Waals surface area contributed by atoms with Crippen LogP contribution in [-0.4, -0.2) is 65.4 Å². The smallest absolute Gasteiger partial charge is 0.326 e. The molecule has 0 aliphatic rings. The van der Waals surface area contributed by atoms with Crippen molar-refractivity contribution in [3.63, 3.8) is 0 Å². The van der Waals surface area contributed by atoms with Crippen molar-refractivity contribution >= 4 is 29.6 Å². The third kappa shape index (κ3) is 11.3. The van der Waals surface area contributed by atoms with Gasteiger partial charge >= 0.3 is 5.97 Å². The number of hydrogen-bond donors (Lipinski definition) is 6. The van der Waals surface area contributed by atoms with Gasteiger partial charge < -0.3 is 32.1 Å². The Labute approximate surface area is 224 Å². The van der Waals surface area contributed by atoms with Crippen LogP contribution in [0.4, 0.5) is 0 Å². The third-order valence-corrected chi connectivity index (χ3v) is 5.95. The highest BCUT2D eigenvalue weighted by Gasteiger charge is 2.31. The van der Waals surface area contributed by atoms with E-state index in [2.05, 4.69) is 21.3 Å². The molecular weight excluding hydrogens is 490 g/mol. The molecule has 0 bridgehead atoms. The van der Waals surface area contributed by atoms with Crippen molar-refractivity contribution < 1.29 is 29.1 Å². The van der Waals surface area contributed by atoms with E-state index in [1.165, 1.54) is 0 Å². The first-order chi connectivity index (χ1) is 17.7. The minimum Gasteiger partial charge on any atom is -0.480 e. The molecule has 1 aromatic rings. The molecule has 4 atom stereocenters. The molecule has 0 spiro atoms. The molecule has 0 saturated heterocycles. The van der Waals surface area contributed by atoms with Crippen LogP contribution in [0.25, 0.3) is 0 Å². The quantitative estimate of drug-likeness (QED) is 0.191. The Morgan fingerprint density at radius 1 is 0.789 bits per heavy atom. The summed E-state index contributed by atoms with van der Waals surface area (Å²) in [6.45, 7) is 10.3. The summed E-state index contributed by atoms with van der Waals surface area (Å²) in [5.74, 6) is -3.91. The van der Waals surface area contributed by atoms with E-state index < -0.39 is 60.3 Å². The summed E-state index contributed by atoms with van der Waals surface area (Å²) < 4.78 is 0. The molecule has 0 unspecified atom stereocenters. The fraction of sp³-hybridized carbons (Fsp3) is 0.593. The van der Waals surface area contributed by atoms with Gasteiger partial charge in [0.05, 0.1) is 12.6 Å². The van der Waals surface area contributed by atoms with Gasteiger partial charge in [-0.15, -0.1) is 0 Å². The maximum Gasteiger partial charge on any atom is 0.326 e. The van der Waals surface area contributed by atoms with Gasteiger partial charge in [-0.25, -0.2) is 4.79 Å². The van der Waals surface area contributed by atoms with E-state index in [1.807, 2.05) is 44.2 Å². The SMILES string of the molecule is CC(C)C[C@H](NC(=O)CNC(=O)[C@@H](NC(=O)[C@H](Cc1ccccc1)NC(=O)[C@@H](N)C(C)C)C(C)C)C(=O)O. The summed E-state index contributed by atoms with van der Waals surface area (Å²) in [6, 6.07) is 5.24. The van der Waals surface area contributed by atoms with E-state index in [0.29, 0.717) is 0 Å². The molecule has 1 aromatic carbocycles. The number of carboxylic acids is 1. The monoisotopic (exact) mass is 533 g/mol. The molecule has 11 heteroatoms. The number of hydrogen-bond acceptors (Lipinski definition) is 6. The van der Waals surface area contributed by atoms with Gasteiger partial charge in [0.1, 0.15) is 18.1 Å². The van der Waals surface area contributed by atoms with Gasteiger partial charge in [0.2, 0.25) is 23.6 Å². The van der Waals surface area contributed by atoms with Crippen LogP contribution in [0.3, 0.4) is 0 Å². The molecule has 1 rings (SSSR count). The predicted octanol–water partition coefficient (Wildman–Crippen LogP) is 0.570. The highest BCUT2D eigenvalue weighted by atomic mass is 16.4. The first kappa shape index (κ1) is 32.6. The summed E-state index contributed by atoms with van der Waals surface area (Å²) in [5.41, 5.74) is 6.77. The van der Waals surface area contributed by atoms with Crippen molar-refractivity contribution in [2.75, 3.05) is 6.54 Å². The second-order valence-corrected chi connectivity index (χ2v) is 10.6. The average Bonchev–Trinajstić information content (AvgIpc) is 2.84. The van der Waals surface area contributed by atoms with Crippen molar-refractivity contribution in [3.05, 3.63) is 35.9 Å². The zero-order valence-electron chi connectivity index (χ0n) is 23.1. The molecule has 11 nitrogen and oxygen atoms in total. The number of aliphatic carboxylic acids is 1. The Bertz CT molecular complexity index is 951. The summed E-state index contributed by atoms with van der Waals surface area (Å²) >= 11 is 0. The van der Waals surface area contributed by atoms with Gasteiger partial charge in [-0.3, -0.25) is 19.2 Å². The van der Waals surface area contributed by atoms with Crippen molar-refractivity contribution in [1.82, 2.24) is 21.3 Å². The van der Waals surface area contributed by atoms with E-state index in [-0.39, 0.29) is 30.6 Å². The van der Waals surface area contributed by atoms with Crippen LogP contribution in [0.2, 0.25) is 0 Å². The maximum absolute atomic E-state index is 13.3. The summed E-state index contributed by atoms with van der Waals surface area (Å²) in [5, 5.41) is 19.6. The van der Waals surface area contributed by atoms with Crippen LogP contribution in [-0.2, 0) is 30.4 Å². The summed E-state index contributed by atoms with van der Waals surface area (Å²) in [7, 11) is 0. The lowest BCUT2D eigenvalue weighted by Crippen LogP contribution is -2.58. The van der Waals surface area contributed by atoms with Gasteiger partial charge in [0, 0.05) is 6.42 Å². The second kappa shape index (κ2) is 15.7. The van der Waals surface area contributed by atoms with Crippen LogP contribution in [0.15, 0.2) is 30.3 Å². The predicted molar refractivity (Wildman–Crippen MR) is 144 cm³/mol. The zero-order valence-corrected chi connectivity index (χ0v) is 23.1. The van der Waals surface area contributed by atoms with E-state index in [0.717, 1.165) is 5.56 Å². The number of carbonyl (C=O) groups is 5. The topological polar surface area (TPSA) is 180 Å². The number of rotatable bonds is 15. The molecule has 0 fully saturated rings. The minimum atomic E-state index is -1.16. The molecule has 4 amide bonds. The first-order valence-electron chi connectivity index (χ1n) is 12.9. The molecule has 212 valence electrons. The van der Waals surface area contributed by atoms with Crippen molar-refractivity contribution in [1.29, 1.82) is 0 Å². The zero-order chi connectivity index (χ0) is 29.0. The largest absolute Gasteiger partial charge is 0.480 e. The number of nitrogens with one attached hydrogen (secondary N) is 4. The molecule has 7 N–H and O–H groups in total. The number of amides is 4. The van der Waals surface area contributed by atoms with Gasteiger partial charge in [0.15, 0.2) is 0 Å². The fourth-order valence-corrected chi connectivity index (χ4v) is 3.63. The number of carbonyl (C=O) groups excluding carboxylic acids is 4. The van der Waals surface area contributed by atoms with Crippen LogP contribution >= 0.6 is 0 Å². The van der Waals surface area contributed by atoms with Gasteiger partial charge in [-0.2, -0.15) is 0 Å². The normalized spacial score (nSPS) is 14.4. The highest BCUT2D eigenvalue weighted by molar-refractivity contribution is 5.94. The number of nitrogens with two attached hydrogens (primary N) is 1. The molecule has 0 aliphatic carbocycles. The number of benzene rings is 1. The molecule has 0 heterocycles. The number of carboxylic acid groups (broad SMARTS) is 1. The molecule has 0 saturated carbocycles. The highest BCUT2D eigenvalue weighted by Crippen LogP contribution is 2.08. The lowest BCUT2D eigenvalue weighted by Gasteiger charge is -2.26. The molecule has 0 aliphatic heterocycles. The standard InChI is InChI=1S/C27H43N5O6/c1-15(2)12-20(27(37)38)30-21(33)14-29-26(36)23(17(5)6)32-24(34)19(13-18-10-8-7-9-11-18)31-25(35)22(28)16(3)4/h7-11,15-17,19-20,22-23H,12-14,28H2,1-6H3,(H,29,36)(H,30,33)(H,31,35)(H,32,34)(H,37,38)/t19-,20-,22-,23-/m0/s1. The van der Waals surface area contributed by atoms with Gasteiger partial charge in [0.25, 0.3) is 0 Å². The molecule has 0 radical (unpaired) electrons. The summed E-state index contributed by atoms with van der Waals surface area (Å²) in [4.78, 5) is 62.5. The van der Waals surface area contributed by atoms with Gasteiger partial charge in [-0.05, 0) is 29.7 Å². The average molecular weight is 534 g/mol. The van der Waals surface area contributed by atoms with E-state index in [4.69, 9.17) is 5.73 Å². The van der Waals surface area contributed by atoms with Crippen LogP contribution in [0.1, 0.15) is 53.5 Å². The van der Waals surface area contributed by atoms with Crippen LogP contribution in [0, 0.1) is 17.8 Å². The van der Waals surface area contributed by atoms with Crippen LogP contribution < -0.4 is 27.0 Å². The van der Waals surface area contributed by atoms with Gasteiger partial charge in [-0.1, -0.05) is 71.9 Å². The molecule has 0 aromatic heterocycles. The van der Waals surface area contributed by atoms with Crippen molar-refractivity contribution in [2.45, 2.75) is 78.6 Å². The first-order valence-corrected chi connectivity index (χ1v) is 12.9. The lowest BCUT2D eigenvalue weighted by atomic mass is 9.99. The Hall–Kier alpha value is -3.47. The molecule has 38 heavy (non-hydrogen) atoms. The lowest BCUT2D eigenvalue weighted by molar-refractivity contribution is -0.142. The Morgan fingerprint density at radius 3 is 1.89 bits per heavy atom. The third-order valence-electron chi connectivity index (χ3n) is 5.95. The van der Waals surface area contributed by atoms with E-state index in [9.17, 15) is 29.1 Å². The summed E-state index contributed by atoms with van der Waals surface area (Å²) in [6.07, 6.45) is 0.430.